The number of hydrogen-bond donors (Lipinski definition) is 0. The fourth-order valence-corrected chi connectivity index (χ4v) is 6.13. The maximum Gasteiger partial charge on any atom is 0.0775 e. The van der Waals surface area contributed by atoms with Crippen molar-refractivity contribution in [3.05, 3.63) is 113 Å². The first-order chi connectivity index (χ1) is 15.7. The van der Waals surface area contributed by atoms with Crippen LogP contribution in [0.5, 0.6) is 0 Å². The third-order valence-corrected chi connectivity index (χ3v) is 9.14. The smallest absolute Gasteiger partial charge is 0.0656 e. The van der Waals surface area contributed by atoms with Crippen molar-refractivity contribution in [1.29, 1.82) is 0 Å². The Kier molecular flexibility index (Phi) is 5.26. The van der Waals surface area contributed by atoms with Crippen LogP contribution in [0.2, 0.25) is 19.6 Å². The van der Waals surface area contributed by atoms with E-state index in [0.717, 1.165) is 0 Å². The second-order valence-corrected chi connectivity index (χ2v) is 15.8. The van der Waals surface area contributed by atoms with Gasteiger partial charge in [0.15, 0.2) is 0 Å². The van der Waals surface area contributed by atoms with E-state index in [2.05, 4.69) is 137 Å². The number of fused-ring (bicyclic) bond motifs is 3. The molecule has 164 valence electrons. The van der Waals surface area contributed by atoms with E-state index in [-0.39, 0.29) is 5.41 Å². The number of benzene rings is 4. The first-order valence-electron chi connectivity index (χ1n) is 11.9. The summed E-state index contributed by atoms with van der Waals surface area (Å²) in [5.74, 6) is 0. The van der Waals surface area contributed by atoms with Gasteiger partial charge in [0.1, 0.15) is 0 Å². The molecule has 5 rings (SSSR count). The van der Waals surface area contributed by atoms with Gasteiger partial charge in [0.2, 0.25) is 0 Å². The van der Waals surface area contributed by atoms with Crippen LogP contribution in [-0.2, 0) is 5.41 Å². The largest absolute Gasteiger partial charge is 0.0775 e. The number of rotatable bonds is 4. The van der Waals surface area contributed by atoms with Crippen LogP contribution in [0.25, 0.3) is 34.4 Å². The van der Waals surface area contributed by atoms with Gasteiger partial charge in [0.25, 0.3) is 0 Å². The minimum Gasteiger partial charge on any atom is -0.0656 e. The molecule has 33 heavy (non-hydrogen) atoms. The van der Waals surface area contributed by atoms with E-state index in [4.69, 9.17) is 0 Å². The maximum absolute atomic E-state index is 2.39. The first kappa shape index (κ1) is 21.7. The van der Waals surface area contributed by atoms with Crippen LogP contribution >= 0.6 is 0 Å². The average molecular weight is 445 g/mol. The van der Waals surface area contributed by atoms with Crippen LogP contribution in [0.1, 0.15) is 36.1 Å². The van der Waals surface area contributed by atoms with Crippen molar-refractivity contribution in [2.24, 2.45) is 0 Å². The fraction of sp³-hybridized carbons (Fsp3) is 0.188. The maximum atomic E-state index is 2.39. The molecule has 4 aromatic carbocycles. The fourth-order valence-electron chi connectivity index (χ4n) is 4.97. The molecule has 0 spiro atoms. The second kappa shape index (κ2) is 8.00. The monoisotopic (exact) mass is 444 g/mol. The van der Waals surface area contributed by atoms with E-state index in [1.54, 1.807) is 0 Å². The van der Waals surface area contributed by atoms with E-state index < -0.39 is 8.07 Å². The normalized spacial score (nSPS) is 14.3. The van der Waals surface area contributed by atoms with Crippen molar-refractivity contribution in [2.45, 2.75) is 38.9 Å². The summed E-state index contributed by atoms with van der Waals surface area (Å²) in [7, 11) is -1.25. The van der Waals surface area contributed by atoms with Gasteiger partial charge in [-0.25, -0.2) is 0 Å². The third kappa shape index (κ3) is 4.02. The van der Waals surface area contributed by atoms with Gasteiger partial charge in [-0.1, -0.05) is 142 Å². The molecule has 0 bridgehead atoms. The van der Waals surface area contributed by atoms with E-state index in [9.17, 15) is 0 Å². The molecule has 1 aliphatic carbocycles. The Morgan fingerprint density at radius 2 is 1.12 bits per heavy atom. The standard InChI is InChI=1S/C32H32Si/c1-32(2)30-9-7-6-8-28(30)29-21-14-24(22-31(29)32)11-10-23-12-15-25(16-13-23)26-17-19-27(20-18-26)33(3,4)5/h6-22H,1-5H3. The molecule has 1 aliphatic rings. The Hall–Kier alpha value is -3.16. The van der Waals surface area contributed by atoms with Crippen molar-refractivity contribution in [3.63, 3.8) is 0 Å². The lowest BCUT2D eigenvalue weighted by atomic mass is 9.82. The Labute approximate surface area is 199 Å². The van der Waals surface area contributed by atoms with Gasteiger partial charge in [-0.05, 0) is 44.5 Å². The van der Waals surface area contributed by atoms with Gasteiger partial charge in [-0.15, -0.1) is 0 Å². The molecule has 0 saturated carbocycles. The minimum absolute atomic E-state index is 0.0441. The highest BCUT2D eigenvalue weighted by molar-refractivity contribution is 6.88. The Morgan fingerprint density at radius 1 is 0.576 bits per heavy atom. The molecular formula is C32H32Si. The summed E-state index contributed by atoms with van der Waals surface area (Å²) in [6.45, 7) is 11.8. The molecule has 1 heteroatoms. The van der Waals surface area contributed by atoms with E-state index in [0.29, 0.717) is 0 Å². The van der Waals surface area contributed by atoms with E-state index in [1.165, 1.54) is 49.7 Å². The minimum atomic E-state index is -1.25. The highest BCUT2D eigenvalue weighted by Gasteiger charge is 2.34. The first-order valence-corrected chi connectivity index (χ1v) is 15.4. The lowest BCUT2D eigenvalue weighted by Gasteiger charge is -2.21. The quantitative estimate of drug-likeness (QED) is 0.219. The van der Waals surface area contributed by atoms with Crippen LogP contribution in [0, 0.1) is 0 Å². The van der Waals surface area contributed by atoms with Gasteiger partial charge in [0, 0.05) is 5.41 Å². The van der Waals surface area contributed by atoms with Gasteiger partial charge in [0.05, 0.1) is 8.07 Å². The Balaban J connectivity index is 1.36. The lowest BCUT2D eigenvalue weighted by molar-refractivity contribution is 0.660. The summed E-state index contributed by atoms with van der Waals surface area (Å²) >= 11 is 0. The molecule has 0 amide bonds. The van der Waals surface area contributed by atoms with Crippen LogP contribution in [-0.4, -0.2) is 8.07 Å². The van der Waals surface area contributed by atoms with Crippen molar-refractivity contribution in [2.75, 3.05) is 0 Å². The lowest BCUT2D eigenvalue weighted by Crippen LogP contribution is -2.37. The van der Waals surface area contributed by atoms with Crippen LogP contribution < -0.4 is 5.19 Å². The van der Waals surface area contributed by atoms with Crippen molar-refractivity contribution in [3.8, 4) is 22.3 Å². The molecule has 0 N–H and O–H groups in total. The summed E-state index contributed by atoms with van der Waals surface area (Å²) in [6.07, 6.45) is 4.45. The molecule has 0 radical (unpaired) electrons. The SMILES string of the molecule is CC1(C)c2ccccc2-c2ccc(C=Cc3ccc(-c4ccc([Si](C)(C)C)cc4)cc3)cc21. The van der Waals surface area contributed by atoms with Gasteiger partial charge < -0.3 is 0 Å². The predicted molar refractivity (Wildman–Crippen MR) is 148 cm³/mol. The van der Waals surface area contributed by atoms with Crippen molar-refractivity contribution in [1.82, 2.24) is 0 Å². The van der Waals surface area contributed by atoms with Crippen LogP contribution in [0.4, 0.5) is 0 Å². The van der Waals surface area contributed by atoms with Gasteiger partial charge >= 0.3 is 0 Å². The summed E-state index contributed by atoms with van der Waals surface area (Å²) in [5.41, 5.74) is 10.7. The molecule has 0 aromatic heterocycles. The van der Waals surface area contributed by atoms with E-state index in [1.807, 2.05) is 0 Å². The average Bonchev–Trinajstić information content (AvgIpc) is 3.04. The van der Waals surface area contributed by atoms with Gasteiger partial charge in [-0.2, -0.15) is 0 Å². The molecule has 0 fully saturated rings. The summed E-state index contributed by atoms with van der Waals surface area (Å²) in [4.78, 5) is 0. The zero-order valence-corrected chi connectivity index (χ0v) is 21.3. The zero-order chi connectivity index (χ0) is 23.2. The highest BCUT2D eigenvalue weighted by Crippen LogP contribution is 2.48. The van der Waals surface area contributed by atoms with Crippen molar-refractivity contribution < 1.29 is 0 Å². The Bertz CT molecular complexity index is 1330. The summed E-state index contributed by atoms with van der Waals surface area (Å²) in [5, 5.41) is 1.51. The Morgan fingerprint density at radius 3 is 1.79 bits per heavy atom. The molecule has 4 aromatic rings. The van der Waals surface area contributed by atoms with Crippen LogP contribution in [0.15, 0.2) is 91.0 Å². The summed E-state index contributed by atoms with van der Waals surface area (Å²) < 4.78 is 0. The van der Waals surface area contributed by atoms with E-state index >= 15 is 0 Å². The van der Waals surface area contributed by atoms with Crippen LogP contribution in [0.3, 0.4) is 0 Å². The number of hydrogen-bond acceptors (Lipinski definition) is 0. The summed E-state index contributed by atoms with van der Waals surface area (Å²) in [6, 6.07) is 33.7. The molecule has 0 nitrogen and oxygen atoms in total. The predicted octanol–water partition coefficient (Wildman–Crippen LogP) is 8.38. The molecular weight excluding hydrogens is 412 g/mol. The molecule has 0 atom stereocenters. The zero-order valence-electron chi connectivity index (χ0n) is 20.3. The third-order valence-electron chi connectivity index (χ3n) is 7.07. The van der Waals surface area contributed by atoms with Gasteiger partial charge in [-0.3, -0.25) is 0 Å². The van der Waals surface area contributed by atoms with Crippen molar-refractivity contribution >= 4 is 25.4 Å². The topological polar surface area (TPSA) is 0 Å². The molecule has 0 aliphatic heterocycles. The second-order valence-electron chi connectivity index (χ2n) is 10.8. The molecule has 0 heterocycles. The molecule has 0 saturated heterocycles. The highest BCUT2D eigenvalue weighted by atomic mass is 28.3. The molecule has 0 unspecified atom stereocenters.